The number of hydrogen-bond donors (Lipinski definition) is 1. The van der Waals surface area contributed by atoms with Gasteiger partial charge < -0.3 is 10.2 Å². The van der Waals surface area contributed by atoms with E-state index >= 15 is 0 Å². The van der Waals surface area contributed by atoms with E-state index in [0.29, 0.717) is 42.8 Å². The number of carbonyl (C=O) groups is 1. The molecule has 2 aliphatic heterocycles. The molecule has 4 aromatic rings. The van der Waals surface area contributed by atoms with E-state index in [0.717, 1.165) is 41.6 Å². The smallest absolute Gasteiger partial charge is 0.264 e. The fraction of sp³-hybridized carbons (Fsp3) is 0.286. The summed E-state index contributed by atoms with van der Waals surface area (Å²) in [6.07, 6.45) is 0.687. The van der Waals surface area contributed by atoms with Gasteiger partial charge in [-0.1, -0.05) is 35.6 Å². The number of anilines is 2. The average molecular weight is 602 g/mol. The van der Waals surface area contributed by atoms with Gasteiger partial charge in [0, 0.05) is 51.4 Å². The molecule has 0 saturated carbocycles. The predicted molar refractivity (Wildman–Crippen MR) is 159 cm³/mol. The minimum Gasteiger partial charge on any atom is -0.351 e. The minimum atomic E-state index is -3.69. The molecule has 3 aromatic carbocycles. The Morgan fingerprint density at radius 1 is 0.950 bits per heavy atom. The number of amides is 1. The van der Waals surface area contributed by atoms with Crippen LogP contribution in [0.2, 0.25) is 0 Å². The Morgan fingerprint density at radius 3 is 2.45 bits per heavy atom. The summed E-state index contributed by atoms with van der Waals surface area (Å²) in [5.41, 5.74) is 2.58. The average Bonchev–Trinajstić information content (AvgIpc) is 3.59. The van der Waals surface area contributed by atoms with Gasteiger partial charge in [0.05, 0.1) is 15.3 Å². The Labute approximate surface area is 242 Å². The first-order valence-corrected chi connectivity index (χ1v) is 15.2. The number of nitrogens with one attached hydrogen (secondary N) is 1. The molecule has 210 valence electrons. The number of halogens is 2. The fourth-order valence-corrected chi connectivity index (χ4v) is 7.63. The van der Waals surface area contributed by atoms with Crippen LogP contribution < -0.4 is 14.5 Å². The number of aromatic nitrogens is 1. The van der Waals surface area contributed by atoms with E-state index in [9.17, 15) is 17.6 Å². The lowest BCUT2D eigenvalue weighted by Crippen LogP contribution is -2.48. The van der Waals surface area contributed by atoms with Crippen molar-refractivity contribution in [2.75, 3.05) is 55.0 Å². The van der Waals surface area contributed by atoms with Crippen LogP contribution in [0.25, 0.3) is 10.2 Å². The highest BCUT2D eigenvalue weighted by Crippen LogP contribution is 2.33. The number of hydrogen-bond acceptors (Lipinski definition) is 7. The summed E-state index contributed by atoms with van der Waals surface area (Å²) in [4.78, 5) is 21.8. The van der Waals surface area contributed by atoms with Gasteiger partial charge in [-0.2, -0.15) is 0 Å². The van der Waals surface area contributed by atoms with Gasteiger partial charge in [0.25, 0.3) is 15.9 Å². The molecule has 40 heavy (non-hydrogen) atoms. The van der Waals surface area contributed by atoms with Crippen LogP contribution in [0, 0.1) is 5.82 Å². The van der Waals surface area contributed by atoms with Gasteiger partial charge in [-0.15, -0.1) is 12.4 Å². The molecular formula is C28H29ClFN5O3S2. The zero-order valence-corrected chi connectivity index (χ0v) is 24.1. The first-order chi connectivity index (χ1) is 18.9. The van der Waals surface area contributed by atoms with Crippen molar-refractivity contribution in [2.45, 2.75) is 11.3 Å². The van der Waals surface area contributed by atoms with Crippen LogP contribution in [-0.2, 0) is 16.4 Å². The Hall–Kier alpha value is -3.25. The third-order valence-corrected chi connectivity index (χ3v) is 10.2. The largest absolute Gasteiger partial charge is 0.351 e. The molecule has 12 heteroatoms. The lowest BCUT2D eigenvalue weighted by Gasteiger charge is -2.34. The molecule has 1 fully saturated rings. The van der Waals surface area contributed by atoms with Gasteiger partial charge in [-0.25, -0.2) is 17.8 Å². The Morgan fingerprint density at radius 2 is 1.70 bits per heavy atom. The van der Waals surface area contributed by atoms with E-state index in [1.807, 2.05) is 30.3 Å². The van der Waals surface area contributed by atoms with Crippen molar-refractivity contribution in [1.29, 1.82) is 0 Å². The highest BCUT2D eigenvalue weighted by Gasteiger charge is 2.30. The van der Waals surface area contributed by atoms with Gasteiger partial charge in [0.1, 0.15) is 11.3 Å². The van der Waals surface area contributed by atoms with Gasteiger partial charge in [0.15, 0.2) is 5.13 Å². The topological polar surface area (TPSA) is 85.9 Å². The lowest BCUT2D eigenvalue weighted by atomic mass is 10.2. The van der Waals surface area contributed by atoms with Crippen molar-refractivity contribution in [3.05, 3.63) is 83.7 Å². The monoisotopic (exact) mass is 601 g/mol. The number of fused-ring (bicyclic) bond motifs is 2. The standard InChI is InChI=1S/C28H28FN5O3S2.ClH/c29-23-5-3-7-25-26(23)31-28(38-25)33-18-16-32(17-19-33)15-13-30-27(35)21-8-10-22(11-9-21)39(36,37)34-14-12-20-4-1-2-6-24(20)34;/h1-11H,12-19H2,(H,30,35);1H. The summed E-state index contributed by atoms with van der Waals surface area (Å²) in [5, 5.41) is 3.77. The highest BCUT2D eigenvalue weighted by molar-refractivity contribution is 7.92. The van der Waals surface area contributed by atoms with Crippen LogP contribution in [0.1, 0.15) is 15.9 Å². The summed E-state index contributed by atoms with van der Waals surface area (Å²) < 4.78 is 42.7. The number of carbonyl (C=O) groups excluding carboxylic acids is 1. The maximum Gasteiger partial charge on any atom is 0.264 e. The summed E-state index contributed by atoms with van der Waals surface area (Å²) in [6, 6.07) is 18.7. The van der Waals surface area contributed by atoms with Gasteiger partial charge in [-0.3, -0.25) is 14.0 Å². The van der Waals surface area contributed by atoms with Crippen LogP contribution >= 0.6 is 23.7 Å². The number of nitrogens with zero attached hydrogens (tertiary/aromatic N) is 4. The summed E-state index contributed by atoms with van der Waals surface area (Å²) in [6.45, 7) is 4.81. The molecule has 0 aliphatic carbocycles. The number of benzene rings is 3. The second-order valence-electron chi connectivity index (χ2n) is 9.65. The van der Waals surface area contributed by atoms with Crippen LogP contribution in [0.5, 0.6) is 0 Å². The highest BCUT2D eigenvalue weighted by atomic mass is 35.5. The number of thiazole rings is 1. The Balaban J connectivity index is 0.00000323. The maximum absolute atomic E-state index is 14.0. The molecule has 6 rings (SSSR count). The Kier molecular flexibility index (Phi) is 8.27. The van der Waals surface area contributed by atoms with Crippen molar-refractivity contribution >= 4 is 60.7 Å². The molecule has 3 heterocycles. The summed E-state index contributed by atoms with van der Waals surface area (Å²) >= 11 is 1.50. The van der Waals surface area contributed by atoms with Crippen molar-refractivity contribution < 1.29 is 17.6 Å². The van der Waals surface area contributed by atoms with E-state index in [-0.39, 0.29) is 29.0 Å². The SMILES string of the molecule is Cl.O=C(NCCN1CCN(c2nc3c(F)cccc3s2)CC1)c1ccc(S(=O)(=O)N2CCc3ccccc32)cc1. The molecule has 1 saturated heterocycles. The second-order valence-corrected chi connectivity index (χ2v) is 12.5. The van der Waals surface area contributed by atoms with Gasteiger partial charge >= 0.3 is 0 Å². The lowest BCUT2D eigenvalue weighted by molar-refractivity contribution is 0.0947. The molecule has 0 bridgehead atoms. The molecule has 0 unspecified atom stereocenters. The zero-order valence-electron chi connectivity index (χ0n) is 21.6. The van der Waals surface area contributed by atoms with E-state index in [4.69, 9.17) is 0 Å². The molecule has 0 atom stereocenters. The summed E-state index contributed by atoms with van der Waals surface area (Å²) in [7, 11) is -3.69. The van der Waals surface area contributed by atoms with Crippen molar-refractivity contribution in [1.82, 2.24) is 15.2 Å². The first-order valence-electron chi connectivity index (χ1n) is 12.9. The first kappa shape index (κ1) is 28.3. The predicted octanol–water partition coefficient (Wildman–Crippen LogP) is 4.16. The van der Waals surface area contributed by atoms with Crippen LogP contribution in [0.4, 0.5) is 15.2 Å². The van der Waals surface area contributed by atoms with Crippen LogP contribution in [0.15, 0.2) is 71.6 Å². The van der Waals surface area contributed by atoms with E-state index in [1.54, 1.807) is 18.2 Å². The number of rotatable bonds is 7. The molecule has 1 N–H and O–H groups in total. The molecule has 1 amide bonds. The van der Waals surface area contributed by atoms with Gasteiger partial charge in [-0.05, 0) is 54.4 Å². The van der Waals surface area contributed by atoms with Crippen molar-refractivity contribution in [3.8, 4) is 0 Å². The quantitative estimate of drug-likeness (QED) is 0.342. The molecule has 0 spiro atoms. The molecular weight excluding hydrogens is 573 g/mol. The molecule has 1 aromatic heterocycles. The number of sulfonamides is 1. The van der Waals surface area contributed by atoms with Crippen LogP contribution in [-0.4, -0.2) is 70.0 Å². The molecule has 0 radical (unpaired) electrons. The third kappa shape index (κ3) is 5.51. The van der Waals surface area contributed by atoms with Crippen LogP contribution in [0.3, 0.4) is 0 Å². The van der Waals surface area contributed by atoms with Gasteiger partial charge in [0.2, 0.25) is 0 Å². The minimum absolute atomic E-state index is 0. The number of piperazine rings is 1. The molecule has 2 aliphatic rings. The van der Waals surface area contributed by atoms with E-state index in [2.05, 4.69) is 20.1 Å². The second kappa shape index (κ2) is 11.7. The third-order valence-electron chi connectivity index (χ3n) is 7.26. The normalized spacial score (nSPS) is 15.6. The fourth-order valence-electron chi connectivity index (χ4n) is 5.09. The van der Waals surface area contributed by atoms with E-state index in [1.165, 1.54) is 33.8 Å². The van der Waals surface area contributed by atoms with Crippen molar-refractivity contribution in [3.63, 3.8) is 0 Å². The number of para-hydroxylation sites is 2. The zero-order chi connectivity index (χ0) is 27.0. The summed E-state index contributed by atoms with van der Waals surface area (Å²) in [5.74, 6) is -0.529. The maximum atomic E-state index is 14.0. The van der Waals surface area contributed by atoms with Crippen molar-refractivity contribution in [2.24, 2.45) is 0 Å². The molecule has 8 nitrogen and oxygen atoms in total. The Bertz CT molecular complexity index is 1620. The van der Waals surface area contributed by atoms with E-state index < -0.39 is 10.0 Å².